The number of hydrogen-bond acceptors (Lipinski definition) is 7. The first-order valence-corrected chi connectivity index (χ1v) is 13.7. The van der Waals surface area contributed by atoms with E-state index in [0.29, 0.717) is 48.7 Å². The number of benzene rings is 2. The van der Waals surface area contributed by atoms with Crippen molar-refractivity contribution in [2.75, 3.05) is 37.0 Å². The number of nitrogens with one attached hydrogen (secondary N) is 2. The summed E-state index contributed by atoms with van der Waals surface area (Å²) in [7, 11) is -2.67. The van der Waals surface area contributed by atoms with Crippen molar-refractivity contribution >= 4 is 27.4 Å². The lowest BCUT2D eigenvalue weighted by Gasteiger charge is -2.34. The molecule has 2 fully saturated rings. The number of aromatic nitrogens is 2. The predicted octanol–water partition coefficient (Wildman–Crippen LogP) is 3.86. The SMILES string of the molecule is CNC(=O)Nc1ccc(-c2nc(N3CCOC[C@@H]3C)cc(C3(S(=O)(=O)c4cc(F)cc(F)c4)CC3)n2)cc1. The molecule has 0 radical (unpaired) electrons. The van der Waals surface area contributed by atoms with Crippen LogP contribution in [-0.2, 0) is 19.3 Å². The number of carbonyl (C=O) groups is 1. The second-order valence-corrected chi connectivity index (χ2v) is 11.7. The quantitative estimate of drug-likeness (QED) is 0.485. The Morgan fingerprint density at radius 2 is 1.76 bits per heavy atom. The minimum Gasteiger partial charge on any atom is -0.377 e. The van der Waals surface area contributed by atoms with Gasteiger partial charge in [-0.3, -0.25) is 0 Å². The summed E-state index contributed by atoms with van der Waals surface area (Å²) in [6.45, 7) is 3.52. The highest BCUT2D eigenvalue weighted by Crippen LogP contribution is 2.55. The Kier molecular flexibility index (Phi) is 6.78. The maximum atomic E-state index is 14.0. The number of morpholine rings is 1. The average Bonchev–Trinajstić information content (AvgIpc) is 3.71. The molecule has 2 amide bonds. The molecule has 1 saturated carbocycles. The molecule has 1 atom stereocenters. The first-order chi connectivity index (χ1) is 18.1. The molecule has 0 unspecified atom stereocenters. The lowest BCUT2D eigenvalue weighted by molar-refractivity contribution is 0.0985. The number of anilines is 2. The van der Waals surface area contributed by atoms with Gasteiger partial charge in [0.15, 0.2) is 15.7 Å². The van der Waals surface area contributed by atoms with Gasteiger partial charge in [-0.1, -0.05) is 0 Å². The van der Waals surface area contributed by atoms with E-state index in [4.69, 9.17) is 9.72 Å². The second-order valence-electron chi connectivity index (χ2n) is 9.44. The van der Waals surface area contributed by atoms with E-state index in [1.165, 1.54) is 7.05 Å². The van der Waals surface area contributed by atoms with Crippen molar-refractivity contribution < 1.29 is 26.7 Å². The number of amides is 2. The summed E-state index contributed by atoms with van der Waals surface area (Å²) in [5, 5.41) is 5.16. The van der Waals surface area contributed by atoms with Gasteiger partial charge in [0.1, 0.15) is 22.2 Å². The topological polar surface area (TPSA) is 114 Å². The fourth-order valence-electron chi connectivity index (χ4n) is 4.59. The van der Waals surface area contributed by atoms with E-state index in [0.717, 1.165) is 12.1 Å². The molecule has 0 bridgehead atoms. The highest BCUT2D eigenvalue weighted by molar-refractivity contribution is 7.92. The van der Waals surface area contributed by atoms with Gasteiger partial charge in [0.2, 0.25) is 0 Å². The van der Waals surface area contributed by atoms with E-state index >= 15 is 0 Å². The fourth-order valence-corrected chi connectivity index (χ4v) is 6.60. The molecular weight excluding hydrogens is 516 g/mol. The van der Waals surface area contributed by atoms with Gasteiger partial charge in [-0.25, -0.2) is 32.0 Å². The Labute approximate surface area is 219 Å². The highest BCUT2D eigenvalue weighted by atomic mass is 32.2. The zero-order valence-corrected chi connectivity index (χ0v) is 21.7. The van der Waals surface area contributed by atoms with E-state index in [2.05, 4.69) is 15.6 Å². The second kappa shape index (κ2) is 9.91. The highest BCUT2D eigenvalue weighted by Gasteiger charge is 2.58. The fraction of sp³-hybridized carbons (Fsp3) is 0.346. The predicted molar refractivity (Wildman–Crippen MR) is 138 cm³/mol. The summed E-state index contributed by atoms with van der Waals surface area (Å²) in [6.07, 6.45) is 0.522. The van der Waals surface area contributed by atoms with Gasteiger partial charge in [-0.05, 0) is 56.2 Å². The number of hydrogen-bond donors (Lipinski definition) is 2. The Balaban J connectivity index is 1.60. The Morgan fingerprint density at radius 3 is 2.37 bits per heavy atom. The number of halogens is 2. The molecule has 9 nitrogen and oxygen atoms in total. The van der Waals surface area contributed by atoms with E-state index in [1.807, 2.05) is 11.8 Å². The zero-order chi connectivity index (χ0) is 27.1. The number of ether oxygens (including phenoxy) is 1. The van der Waals surface area contributed by atoms with Crippen LogP contribution in [0.25, 0.3) is 11.4 Å². The smallest absolute Gasteiger partial charge is 0.318 e. The van der Waals surface area contributed by atoms with Gasteiger partial charge in [0.25, 0.3) is 0 Å². The molecule has 12 heteroatoms. The van der Waals surface area contributed by atoms with Crippen LogP contribution in [0, 0.1) is 11.6 Å². The number of urea groups is 1. The minimum absolute atomic E-state index is 0.0115. The van der Waals surface area contributed by atoms with Gasteiger partial charge >= 0.3 is 6.03 Å². The van der Waals surface area contributed by atoms with Crippen LogP contribution in [0.1, 0.15) is 25.5 Å². The summed E-state index contributed by atoms with van der Waals surface area (Å²) in [5.41, 5.74) is 1.44. The molecule has 200 valence electrons. The van der Waals surface area contributed by atoms with Gasteiger partial charge in [0.05, 0.1) is 29.8 Å². The molecule has 2 aliphatic rings. The van der Waals surface area contributed by atoms with Crippen LogP contribution in [0.15, 0.2) is 53.4 Å². The Bertz CT molecular complexity index is 1460. The van der Waals surface area contributed by atoms with Crippen molar-refractivity contribution in [3.8, 4) is 11.4 Å². The van der Waals surface area contributed by atoms with Crippen LogP contribution in [0.2, 0.25) is 0 Å². The number of carbonyl (C=O) groups excluding carboxylic acids is 1. The molecule has 1 aromatic heterocycles. The lowest BCUT2D eigenvalue weighted by Crippen LogP contribution is -2.44. The Morgan fingerprint density at radius 1 is 1.08 bits per heavy atom. The van der Waals surface area contributed by atoms with Gasteiger partial charge in [-0.2, -0.15) is 0 Å². The zero-order valence-electron chi connectivity index (χ0n) is 20.9. The van der Waals surface area contributed by atoms with Gasteiger partial charge in [-0.15, -0.1) is 0 Å². The van der Waals surface area contributed by atoms with Gasteiger partial charge < -0.3 is 20.3 Å². The minimum atomic E-state index is -4.18. The van der Waals surface area contributed by atoms with Crippen molar-refractivity contribution in [1.29, 1.82) is 0 Å². The largest absolute Gasteiger partial charge is 0.377 e. The monoisotopic (exact) mass is 543 g/mol. The maximum Gasteiger partial charge on any atom is 0.318 e. The van der Waals surface area contributed by atoms with Crippen molar-refractivity contribution in [3.05, 3.63) is 65.9 Å². The van der Waals surface area contributed by atoms with Crippen LogP contribution in [0.4, 0.5) is 25.1 Å². The number of rotatable bonds is 6. The average molecular weight is 544 g/mol. The normalized spacial score (nSPS) is 18.6. The molecule has 5 rings (SSSR count). The first-order valence-electron chi connectivity index (χ1n) is 12.2. The third-order valence-corrected chi connectivity index (χ3v) is 9.34. The standard InChI is InChI=1S/C26H27F2N5O4S/c1-16-15-37-10-9-33(16)23-14-22(26(7-8-26)38(35,36)21-12-18(27)11-19(28)13-21)31-24(32-23)17-3-5-20(6-4-17)30-25(34)29-2/h3-6,11-14,16H,7-10,15H2,1-2H3,(H2,29,30,34)/t16-/m0/s1. The Hall–Kier alpha value is -3.64. The summed E-state index contributed by atoms with van der Waals surface area (Å²) in [4.78, 5) is 22.7. The molecule has 3 aromatic rings. The summed E-state index contributed by atoms with van der Waals surface area (Å²) < 4.78 is 59.5. The maximum absolute atomic E-state index is 14.0. The van der Waals surface area contributed by atoms with E-state index in [9.17, 15) is 22.0 Å². The number of sulfone groups is 1. The lowest BCUT2D eigenvalue weighted by atomic mass is 10.1. The third-order valence-electron chi connectivity index (χ3n) is 6.83. The van der Waals surface area contributed by atoms with E-state index in [-0.39, 0.29) is 30.6 Å². The van der Waals surface area contributed by atoms with Crippen LogP contribution in [0.5, 0.6) is 0 Å². The van der Waals surface area contributed by atoms with Crippen molar-refractivity contribution in [2.45, 2.75) is 35.4 Å². The molecule has 2 N–H and O–H groups in total. The molecule has 0 spiro atoms. The first kappa shape index (κ1) is 26.0. The van der Waals surface area contributed by atoms with Crippen LogP contribution < -0.4 is 15.5 Å². The summed E-state index contributed by atoms with van der Waals surface area (Å²) >= 11 is 0. The molecule has 2 aromatic carbocycles. The van der Waals surface area contributed by atoms with Crippen molar-refractivity contribution in [1.82, 2.24) is 15.3 Å². The van der Waals surface area contributed by atoms with Crippen LogP contribution in [-0.4, -0.2) is 57.3 Å². The van der Waals surface area contributed by atoms with Crippen molar-refractivity contribution in [3.63, 3.8) is 0 Å². The molecule has 1 aliphatic carbocycles. The van der Waals surface area contributed by atoms with Crippen molar-refractivity contribution in [2.24, 2.45) is 0 Å². The molecular formula is C26H27F2N5O4S. The molecule has 2 heterocycles. The van der Waals surface area contributed by atoms with E-state index in [1.54, 1.807) is 30.3 Å². The molecule has 38 heavy (non-hydrogen) atoms. The third kappa shape index (κ3) is 4.81. The van der Waals surface area contributed by atoms with Crippen LogP contribution >= 0.6 is 0 Å². The van der Waals surface area contributed by atoms with Crippen LogP contribution in [0.3, 0.4) is 0 Å². The summed E-state index contributed by atoms with van der Waals surface area (Å²) in [5.74, 6) is -1.08. The van der Waals surface area contributed by atoms with Gasteiger partial charge in [0, 0.05) is 37.0 Å². The summed E-state index contributed by atoms with van der Waals surface area (Å²) in [6, 6.07) is 10.4. The van der Waals surface area contributed by atoms with E-state index < -0.39 is 31.1 Å². The number of nitrogens with zero attached hydrogens (tertiary/aromatic N) is 3. The molecule has 1 saturated heterocycles. The molecule has 1 aliphatic heterocycles.